The highest BCUT2D eigenvalue weighted by atomic mass is 16.5. The number of rotatable bonds is 34. The van der Waals surface area contributed by atoms with E-state index in [0.717, 1.165) is 45.3 Å². The molecule has 0 amide bonds. The summed E-state index contributed by atoms with van der Waals surface area (Å²) in [5, 5.41) is 9.44. The van der Waals surface area contributed by atoms with E-state index in [4.69, 9.17) is 4.74 Å². The molecule has 0 heterocycles. The largest absolute Gasteiger partial charge is 0.462 e. The Kier molecular flexibility index (Phi) is 33.4. The number of unbranched alkanes of at least 4 members (excludes halogenated alkanes) is 21. The van der Waals surface area contributed by atoms with E-state index in [1.54, 1.807) is 0 Å². The molecular formula is C37H75NO3. The lowest BCUT2D eigenvalue weighted by molar-refractivity contribution is -0.150. The summed E-state index contributed by atoms with van der Waals surface area (Å²) in [5.74, 6) is 0.0338. The zero-order valence-electron chi connectivity index (χ0n) is 28.4. The predicted molar refractivity (Wildman–Crippen MR) is 180 cm³/mol. The van der Waals surface area contributed by atoms with E-state index in [1.165, 1.54) is 148 Å². The molecule has 0 atom stereocenters. The molecule has 246 valence electrons. The summed E-state index contributed by atoms with van der Waals surface area (Å²) in [7, 11) is 0. The Morgan fingerprint density at radius 2 is 0.878 bits per heavy atom. The van der Waals surface area contributed by atoms with Gasteiger partial charge >= 0.3 is 5.97 Å². The van der Waals surface area contributed by atoms with Gasteiger partial charge in [-0.05, 0) is 58.0 Å². The Morgan fingerprint density at radius 3 is 1.29 bits per heavy atom. The second kappa shape index (κ2) is 33.9. The van der Waals surface area contributed by atoms with Crippen LogP contribution < -0.4 is 0 Å². The Balaban J connectivity index is 4.02. The Labute approximate surface area is 258 Å². The van der Waals surface area contributed by atoms with Gasteiger partial charge in [0, 0.05) is 13.0 Å². The number of carbonyl (C=O) groups is 1. The van der Waals surface area contributed by atoms with Crippen LogP contribution >= 0.6 is 0 Å². The van der Waals surface area contributed by atoms with Crippen molar-refractivity contribution < 1.29 is 14.6 Å². The molecule has 1 N–H and O–H groups in total. The molecule has 0 aliphatic carbocycles. The van der Waals surface area contributed by atoms with E-state index >= 15 is 0 Å². The van der Waals surface area contributed by atoms with Gasteiger partial charge in [-0.2, -0.15) is 0 Å². The van der Waals surface area contributed by atoms with Crippen molar-refractivity contribution >= 4 is 5.97 Å². The molecule has 0 aromatic rings. The highest BCUT2D eigenvalue weighted by Gasteiger charge is 2.14. The zero-order chi connectivity index (χ0) is 30.1. The maximum absolute atomic E-state index is 12.6. The maximum atomic E-state index is 12.6. The van der Waals surface area contributed by atoms with E-state index in [-0.39, 0.29) is 18.7 Å². The van der Waals surface area contributed by atoms with Crippen LogP contribution in [-0.2, 0) is 9.53 Å². The third-order valence-corrected chi connectivity index (χ3v) is 8.66. The standard InChI is InChI=1S/C37H75NO3/c1-4-7-10-13-16-17-22-27-32-38(34-35-39)33-28-23-18-21-26-31-37(40)41-36(29-24-19-14-11-8-5-2)30-25-20-15-12-9-6-3/h36,39H,4-35H2,1-3H3. The molecule has 0 aliphatic heterocycles. The Bertz CT molecular complexity index is 496. The molecule has 0 aromatic carbocycles. The molecule has 0 rings (SSSR count). The molecule has 41 heavy (non-hydrogen) atoms. The molecule has 0 unspecified atom stereocenters. The maximum Gasteiger partial charge on any atom is 0.306 e. The lowest BCUT2D eigenvalue weighted by atomic mass is 10.0. The summed E-state index contributed by atoms with van der Waals surface area (Å²) < 4.78 is 6.00. The van der Waals surface area contributed by atoms with Gasteiger partial charge in [0.1, 0.15) is 6.10 Å². The number of aliphatic hydroxyl groups excluding tert-OH is 1. The van der Waals surface area contributed by atoms with Crippen molar-refractivity contribution in [1.29, 1.82) is 0 Å². The van der Waals surface area contributed by atoms with Crippen LogP contribution in [0, 0.1) is 0 Å². The number of hydrogen-bond donors (Lipinski definition) is 1. The quantitative estimate of drug-likeness (QED) is 0.0606. The molecule has 0 spiro atoms. The summed E-state index contributed by atoms with van der Waals surface area (Å²) in [6.45, 7) is 10.1. The third kappa shape index (κ3) is 30.6. The zero-order valence-corrected chi connectivity index (χ0v) is 28.4. The first-order valence-corrected chi connectivity index (χ1v) is 18.7. The van der Waals surface area contributed by atoms with Gasteiger partial charge in [-0.1, -0.05) is 149 Å². The van der Waals surface area contributed by atoms with E-state index < -0.39 is 0 Å². The highest BCUT2D eigenvalue weighted by molar-refractivity contribution is 5.69. The minimum atomic E-state index is 0.0338. The van der Waals surface area contributed by atoms with Crippen LogP contribution in [0.15, 0.2) is 0 Å². The van der Waals surface area contributed by atoms with Gasteiger partial charge in [0.25, 0.3) is 0 Å². The third-order valence-electron chi connectivity index (χ3n) is 8.66. The molecule has 0 fully saturated rings. The molecule has 0 saturated heterocycles. The summed E-state index contributed by atoms with van der Waals surface area (Å²) in [6.07, 6.45) is 34.9. The lowest BCUT2D eigenvalue weighted by Gasteiger charge is -2.21. The monoisotopic (exact) mass is 582 g/mol. The normalized spacial score (nSPS) is 11.7. The van der Waals surface area contributed by atoms with Crippen molar-refractivity contribution in [3.63, 3.8) is 0 Å². The molecule has 0 aromatic heterocycles. The number of aliphatic hydroxyl groups is 1. The second-order valence-electron chi connectivity index (χ2n) is 12.8. The molecule has 4 nitrogen and oxygen atoms in total. The van der Waals surface area contributed by atoms with Crippen molar-refractivity contribution in [2.24, 2.45) is 0 Å². The van der Waals surface area contributed by atoms with Crippen LogP contribution in [0.2, 0.25) is 0 Å². The first-order valence-electron chi connectivity index (χ1n) is 18.7. The van der Waals surface area contributed by atoms with Crippen molar-refractivity contribution in [2.75, 3.05) is 26.2 Å². The Hall–Kier alpha value is -0.610. The number of hydrogen-bond acceptors (Lipinski definition) is 4. The summed E-state index contributed by atoms with van der Waals surface area (Å²) in [5.41, 5.74) is 0. The summed E-state index contributed by atoms with van der Waals surface area (Å²) in [4.78, 5) is 15.1. The van der Waals surface area contributed by atoms with Gasteiger partial charge in [0.15, 0.2) is 0 Å². The molecule has 4 heteroatoms. The molecule has 0 aliphatic rings. The first-order chi connectivity index (χ1) is 20.2. The number of ether oxygens (including phenoxy) is 1. The number of nitrogens with zero attached hydrogens (tertiary/aromatic N) is 1. The van der Waals surface area contributed by atoms with E-state index in [9.17, 15) is 9.90 Å². The van der Waals surface area contributed by atoms with Crippen LogP contribution in [0.25, 0.3) is 0 Å². The molecular weight excluding hydrogens is 506 g/mol. The van der Waals surface area contributed by atoms with Gasteiger partial charge in [0.2, 0.25) is 0 Å². The summed E-state index contributed by atoms with van der Waals surface area (Å²) >= 11 is 0. The molecule has 0 saturated carbocycles. The van der Waals surface area contributed by atoms with Gasteiger partial charge in [0.05, 0.1) is 6.61 Å². The number of carbonyl (C=O) groups excluding carboxylic acids is 1. The van der Waals surface area contributed by atoms with E-state index in [0.29, 0.717) is 6.42 Å². The van der Waals surface area contributed by atoms with Crippen LogP contribution in [0.4, 0.5) is 0 Å². The van der Waals surface area contributed by atoms with Crippen molar-refractivity contribution in [3.8, 4) is 0 Å². The minimum Gasteiger partial charge on any atom is -0.462 e. The van der Waals surface area contributed by atoms with Crippen molar-refractivity contribution in [1.82, 2.24) is 4.90 Å². The average molecular weight is 582 g/mol. The fraction of sp³-hybridized carbons (Fsp3) is 0.973. The molecule has 0 bridgehead atoms. The molecule has 0 radical (unpaired) electrons. The van der Waals surface area contributed by atoms with Gasteiger partial charge in [-0.3, -0.25) is 4.79 Å². The van der Waals surface area contributed by atoms with Crippen LogP contribution in [-0.4, -0.2) is 48.3 Å². The topological polar surface area (TPSA) is 49.8 Å². The Morgan fingerprint density at radius 1 is 0.512 bits per heavy atom. The first kappa shape index (κ1) is 40.4. The van der Waals surface area contributed by atoms with Crippen molar-refractivity contribution in [2.45, 2.75) is 207 Å². The fourth-order valence-corrected chi connectivity index (χ4v) is 5.89. The minimum absolute atomic E-state index is 0.0338. The SMILES string of the molecule is CCCCCCCCCCN(CCO)CCCCCCCC(=O)OC(CCCCCCCC)CCCCCCCC. The van der Waals surface area contributed by atoms with E-state index in [1.807, 2.05) is 0 Å². The van der Waals surface area contributed by atoms with Crippen LogP contribution in [0.3, 0.4) is 0 Å². The van der Waals surface area contributed by atoms with Gasteiger partial charge < -0.3 is 14.7 Å². The van der Waals surface area contributed by atoms with Crippen LogP contribution in [0.5, 0.6) is 0 Å². The average Bonchev–Trinajstić information content (AvgIpc) is 2.97. The van der Waals surface area contributed by atoms with Gasteiger partial charge in [-0.15, -0.1) is 0 Å². The van der Waals surface area contributed by atoms with E-state index in [2.05, 4.69) is 25.7 Å². The lowest BCUT2D eigenvalue weighted by Crippen LogP contribution is -2.29. The second-order valence-corrected chi connectivity index (χ2v) is 12.8. The predicted octanol–water partition coefficient (Wildman–Crippen LogP) is 11.2. The highest BCUT2D eigenvalue weighted by Crippen LogP contribution is 2.18. The van der Waals surface area contributed by atoms with Crippen molar-refractivity contribution in [3.05, 3.63) is 0 Å². The van der Waals surface area contributed by atoms with Crippen LogP contribution in [0.1, 0.15) is 201 Å². The smallest absolute Gasteiger partial charge is 0.306 e. The van der Waals surface area contributed by atoms with Gasteiger partial charge in [-0.25, -0.2) is 0 Å². The summed E-state index contributed by atoms with van der Waals surface area (Å²) in [6, 6.07) is 0. The number of esters is 1. The fourth-order valence-electron chi connectivity index (χ4n) is 5.89.